The first kappa shape index (κ1) is 14.5. The molecular weight excluding hydrogens is 239 g/mol. The minimum Gasteiger partial charge on any atom is -0.329 e. The first-order valence-electron chi connectivity index (χ1n) is 7.24. The number of benzene rings is 1. The molecule has 1 fully saturated rings. The topological polar surface area (TPSA) is 29.3 Å². The summed E-state index contributed by atoms with van der Waals surface area (Å²) in [6, 6.07) is 5.68. The van der Waals surface area contributed by atoms with Crippen molar-refractivity contribution in [3.05, 3.63) is 35.1 Å². The molecule has 1 saturated heterocycles. The van der Waals surface area contributed by atoms with Gasteiger partial charge in [-0.3, -0.25) is 4.90 Å². The highest BCUT2D eigenvalue weighted by Crippen LogP contribution is 2.31. The Morgan fingerprint density at radius 2 is 2.11 bits per heavy atom. The summed E-state index contributed by atoms with van der Waals surface area (Å²) in [5.41, 5.74) is 8.17. The Labute approximate surface area is 115 Å². The summed E-state index contributed by atoms with van der Waals surface area (Å²) in [7, 11) is 0. The van der Waals surface area contributed by atoms with Gasteiger partial charge in [-0.2, -0.15) is 0 Å². The summed E-state index contributed by atoms with van der Waals surface area (Å²) in [6.45, 7) is 8.17. The van der Waals surface area contributed by atoms with Crippen molar-refractivity contribution in [1.29, 1.82) is 0 Å². The van der Waals surface area contributed by atoms with Crippen LogP contribution in [0, 0.1) is 18.7 Å². The Hall–Kier alpha value is -0.930. The molecule has 1 heterocycles. The summed E-state index contributed by atoms with van der Waals surface area (Å²) >= 11 is 0. The van der Waals surface area contributed by atoms with Crippen molar-refractivity contribution in [2.24, 2.45) is 11.7 Å². The van der Waals surface area contributed by atoms with Crippen LogP contribution >= 0.6 is 0 Å². The van der Waals surface area contributed by atoms with E-state index in [0.29, 0.717) is 18.5 Å². The molecule has 3 atom stereocenters. The van der Waals surface area contributed by atoms with E-state index >= 15 is 0 Å². The van der Waals surface area contributed by atoms with Gasteiger partial charge in [-0.15, -0.1) is 0 Å². The van der Waals surface area contributed by atoms with E-state index in [-0.39, 0.29) is 11.9 Å². The van der Waals surface area contributed by atoms with Gasteiger partial charge in [0.05, 0.1) is 0 Å². The number of aryl methyl sites for hydroxylation is 1. The molecule has 0 spiro atoms. The zero-order valence-corrected chi connectivity index (χ0v) is 12.2. The maximum absolute atomic E-state index is 13.5. The fraction of sp³-hybridized carbons (Fsp3) is 0.625. The van der Waals surface area contributed by atoms with E-state index in [1.807, 2.05) is 13.0 Å². The number of likely N-dealkylation sites (tertiary alicyclic amines) is 1. The predicted octanol–water partition coefficient (Wildman–Crippen LogP) is 3.25. The monoisotopic (exact) mass is 264 g/mol. The Kier molecular flexibility index (Phi) is 4.58. The largest absolute Gasteiger partial charge is 0.329 e. The van der Waals surface area contributed by atoms with Crippen molar-refractivity contribution in [3.8, 4) is 0 Å². The average molecular weight is 264 g/mol. The van der Waals surface area contributed by atoms with Crippen LogP contribution in [0.3, 0.4) is 0 Å². The SMILES string of the molecule is Cc1ccc(F)cc1C(CN)N1CC(C)CCC1C. The van der Waals surface area contributed by atoms with E-state index in [2.05, 4.69) is 18.7 Å². The van der Waals surface area contributed by atoms with Gasteiger partial charge in [-0.05, 0) is 55.9 Å². The van der Waals surface area contributed by atoms with E-state index in [0.717, 1.165) is 17.7 Å². The third-order valence-corrected chi connectivity index (χ3v) is 4.39. The summed E-state index contributed by atoms with van der Waals surface area (Å²) in [5.74, 6) is 0.524. The Morgan fingerprint density at radius 1 is 1.37 bits per heavy atom. The van der Waals surface area contributed by atoms with Gasteiger partial charge in [0, 0.05) is 25.2 Å². The molecule has 2 N–H and O–H groups in total. The van der Waals surface area contributed by atoms with Crippen molar-refractivity contribution in [2.45, 2.75) is 45.7 Å². The second-order valence-corrected chi connectivity index (χ2v) is 5.98. The minimum atomic E-state index is -0.170. The van der Waals surface area contributed by atoms with E-state index < -0.39 is 0 Å². The van der Waals surface area contributed by atoms with Crippen LogP contribution in [0.4, 0.5) is 4.39 Å². The quantitative estimate of drug-likeness (QED) is 0.908. The molecule has 106 valence electrons. The third kappa shape index (κ3) is 3.15. The number of piperidine rings is 1. The van der Waals surface area contributed by atoms with Crippen LogP contribution in [0.5, 0.6) is 0 Å². The summed E-state index contributed by atoms with van der Waals surface area (Å²) in [4.78, 5) is 2.45. The van der Waals surface area contributed by atoms with Gasteiger partial charge in [0.1, 0.15) is 5.82 Å². The van der Waals surface area contributed by atoms with Crippen molar-refractivity contribution in [1.82, 2.24) is 4.90 Å². The van der Waals surface area contributed by atoms with E-state index in [1.165, 1.54) is 18.9 Å². The molecule has 1 aromatic rings. The number of nitrogens with two attached hydrogens (primary N) is 1. The van der Waals surface area contributed by atoms with Crippen LogP contribution in [0.1, 0.15) is 43.9 Å². The number of hydrogen-bond donors (Lipinski definition) is 1. The lowest BCUT2D eigenvalue weighted by Crippen LogP contribution is -2.45. The number of rotatable bonds is 3. The van der Waals surface area contributed by atoms with Crippen molar-refractivity contribution >= 4 is 0 Å². The molecule has 0 aromatic heterocycles. The lowest BCUT2D eigenvalue weighted by atomic mass is 9.90. The molecule has 0 amide bonds. The number of nitrogens with zero attached hydrogens (tertiary/aromatic N) is 1. The summed E-state index contributed by atoms with van der Waals surface area (Å²) < 4.78 is 13.5. The van der Waals surface area contributed by atoms with Crippen molar-refractivity contribution in [2.75, 3.05) is 13.1 Å². The van der Waals surface area contributed by atoms with E-state index in [4.69, 9.17) is 5.73 Å². The molecular formula is C16H25FN2. The molecule has 19 heavy (non-hydrogen) atoms. The predicted molar refractivity (Wildman–Crippen MR) is 77.5 cm³/mol. The first-order chi connectivity index (χ1) is 9.02. The van der Waals surface area contributed by atoms with Crippen LogP contribution in [-0.4, -0.2) is 24.0 Å². The molecule has 3 heteroatoms. The van der Waals surface area contributed by atoms with Gasteiger partial charge in [0.25, 0.3) is 0 Å². The zero-order chi connectivity index (χ0) is 14.0. The first-order valence-corrected chi connectivity index (χ1v) is 7.24. The zero-order valence-electron chi connectivity index (χ0n) is 12.2. The molecule has 2 rings (SSSR count). The van der Waals surface area contributed by atoms with Crippen LogP contribution in [0.2, 0.25) is 0 Å². The Bertz CT molecular complexity index is 433. The average Bonchev–Trinajstić information content (AvgIpc) is 2.38. The van der Waals surface area contributed by atoms with Crippen LogP contribution < -0.4 is 5.73 Å². The lowest BCUT2D eigenvalue weighted by molar-refractivity contribution is 0.0794. The molecule has 0 saturated carbocycles. The maximum atomic E-state index is 13.5. The standard InChI is InChI=1S/C16H25FN2/c1-11-4-6-13(3)19(10-11)16(9-18)15-8-14(17)7-5-12(15)2/h5,7-8,11,13,16H,4,6,9-10,18H2,1-3H3. The third-order valence-electron chi connectivity index (χ3n) is 4.39. The number of halogens is 1. The highest BCUT2D eigenvalue weighted by atomic mass is 19.1. The van der Waals surface area contributed by atoms with Gasteiger partial charge in [0.15, 0.2) is 0 Å². The summed E-state index contributed by atoms with van der Waals surface area (Å²) in [5, 5.41) is 0. The second-order valence-electron chi connectivity index (χ2n) is 5.98. The molecule has 3 unspecified atom stereocenters. The number of hydrogen-bond acceptors (Lipinski definition) is 2. The second kappa shape index (κ2) is 6.02. The lowest BCUT2D eigenvalue weighted by Gasteiger charge is -2.42. The Balaban J connectivity index is 2.30. The van der Waals surface area contributed by atoms with Gasteiger partial charge >= 0.3 is 0 Å². The van der Waals surface area contributed by atoms with E-state index in [9.17, 15) is 4.39 Å². The van der Waals surface area contributed by atoms with Crippen LogP contribution in [0.25, 0.3) is 0 Å². The van der Waals surface area contributed by atoms with Crippen LogP contribution in [-0.2, 0) is 0 Å². The highest BCUT2D eigenvalue weighted by Gasteiger charge is 2.30. The smallest absolute Gasteiger partial charge is 0.123 e. The van der Waals surface area contributed by atoms with Gasteiger partial charge < -0.3 is 5.73 Å². The van der Waals surface area contributed by atoms with E-state index in [1.54, 1.807) is 6.07 Å². The molecule has 0 bridgehead atoms. The molecule has 2 nitrogen and oxygen atoms in total. The van der Waals surface area contributed by atoms with Gasteiger partial charge in [0.2, 0.25) is 0 Å². The van der Waals surface area contributed by atoms with Gasteiger partial charge in [-0.1, -0.05) is 13.0 Å². The molecule has 0 aliphatic carbocycles. The highest BCUT2D eigenvalue weighted by molar-refractivity contribution is 5.30. The fourth-order valence-electron chi connectivity index (χ4n) is 3.17. The molecule has 0 radical (unpaired) electrons. The summed E-state index contributed by atoms with van der Waals surface area (Å²) in [6.07, 6.45) is 2.48. The normalized spacial score (nSPS) is 26.4. The molecule has 1 aromatic carbocycles. The van der Waals surface area contributed by atoms with Gasteiger partial charge in [-0.25, -0.2) is 4.39 Å². The van der Waals surface area contributed by atoms with Crippen molar-refractivity contribution < 1.29 is 4.39 Å². The molecule has 1 aliphatic rings. The minimum absolute atomic E-state index is 0.133. The van der Waals surface area contributed by atoms with Crippen molar-refractivity contribution in [3.63, 3.8) is 0 Å². The maximum Gasteiger partial charge on any atom is 0.123 e. The molecule has 1 aliphatic heterocycles. The fourth-order valence-corrected chi connectivity index (χ4v) is 3.17. The Morgan fingerprint density at radius 3 is 2.79 bits per heavy atom. The van der Waals surface area contributed by atoms with Crippen LogP contribution in [0.15, 0.2) is 18.2 Å².